The van der Waals surface area contributed by atoms with E-state index in [9.17, 15) is 0 Å². The van der Waals surface area contributed by atoms with Crippen molar-refractivity contribution < 1.29 is 0 Å². The molecule has 0 radical (unpaired) electrons. The molecule has 0 aromatic carbocycles. The fourth-order valence-corrected chi connectivity index (χ4v) is 2.02. The van der Waals surface area contributed by atoms with Crippen molar-refractivity contribution in [2.45, 2.75) is 18.2 Å². The third-order valence-corrected chi connectivity index (χ3v) is 2.53. The molecule has 10 heavy (non-hydrogen) atoms. The number of rotatable bonds is 1. The van der Waals surface area contributed by atoms with Crippen LogP contribution in [0.1, 0.15) is 5.69 Å². The lowest BCUT2D eigenvalue weighted by atomic mass is 10.5. The smallest absolute Gasteiger partial charge is 0.168 e. The average molecular weight is 155 g/mol. The van der Waals surface area contributed by atoms with E-state index in [0.29, 0.717) is 6.54 Å². The average Bonchev–Trinajstić information content (AvgIpc) is 2.42. The van der Waals surface area contributed by atoms with Gasteiger partial charge in [-0.15, -0.1) is 0 Å². The second kappa shape index (κ2) is 2.29. The van der Waals surface area contributed by atoms with Crippen LogP contribution in [0, 0.1) is 0 Å². The number of hydrogen-bond acceptors (Lipinski definition) is 3. The minimum absolute atomic E-state index is 0.556. The zero-order chi connectivity index (χ0) is 6.97. The number of nitrogens with two attached hydrogens (primary N) is 1. The number of aromatic nitrogens is 2. The summed E-state index contributed by atoms with van der Waals surface area (Å²) in [6.07, 6.45) is 2.04. The molecule has 0 fully saturated rings. The van der Waals surface area contributed by atoms with Gasteiger partial charge < -0.3 is 10.3 Å². The Balaban J connectivity index is 2.37. The maximum absolute atomic E-state index is 5.43. The summed E-state index contributed by atoms with van der Waals surface area (Å²) in [7, 11) is 0. The standard InChI is InChI=1S/C6H9N3S/c7-3-5-4-9-1-2-10-6(9)8-5/h4H,1-3,7H2. The van der Waals surface area contributed by atoms with Crippen LogP contribution in [0.25, 0.3) is 0 Å². The van der Waals surface area contributed by atoms with Gasteiger partial charge in [-0.25, -0.2) is 4.98 Å². The van der Waals surface area contributed by atoms with Gasteiger partial charge in [0.2, 0.25) is 0 Å². The molecular formula is C6H9N3S. The maximum atomic E-state index is 5.43. The lowest BCUT2D eigenvalue weighted by Gasteiger charge is -1.88. The number of nitrogens with zero attached hydrogens (tertiary/aromatic N) is 2. The molecule has 1 aliphatic rings. The summed E-state index contributed by atoms with van der Waals surface area (Å²) in [6, 6.07) is 0. The van der Waals surface area contributed by atoms with Crippen molar-refractivity contribution in [3.63, 3.8) is 0 Å². The molecule has 2 rings (SSSR count). The first-order valence-corrected chi connectivity index (χ1v) is 4.27. The fraction of sp³-hybridized carbons (Fsp3) is 0.500. The minimum atomic E-state index is 0.556. The van der Waals surface area contributed by atoms with E-state index in [-0.39, 0.29) is 0 Å². The molecule has 0 spiro atoms. The first-order chi connectivity index (χ1) is 4.90. The van der Waals surface area contributed by atoms with Gasteiger partial charge in [-0.1, -0.05) is 11.8 Å². The Bertz CT molecular complexity index is 222. The Morgan fingerprint density at radius 3 is 3.40 bits per heavy atom. The highest BCUT2D eigenvalue weighted by Gasteiger charge is 2.12. The molecule has 2 N–H and O–H groups in total. The van der Waals surface area contributed by atoms with Crippen molar-refractivity contribution in [1.82, 2.24) is 9.55 Å². The van der Waals surface area contributed by atoms with Gasteiger partial charge in [-0.2, -0.15) is 0 Å². The highest BCUT2D eigenvalue weighted by molar-refractivity contribution is 7.99. The number of fused-ring (bicyclic) bond motifs is 1. The Morgan fingerprint density at radius 2 is 2.70 bits per heavy atom. The predicted octanol–water partition coefficient (Wildman–Crippen LogP) is 0.447. The Hall–Kier alpha value is -0.480. The third-order valence-electron chi connectivity index (χ3n) is 1.56. The van der Waals surface area contributed by atoms with E-state index in [4.69, 9.17) is 5.73 Å². The number of imidazole rings is 1. The van der Waals surface area contributed by atoms with Gasteiger partial charge in [-0.3, -0.25) is 0 Å². The monoisotopic (exact) mass is 155 g/mol. The molecule has 0 saturated carbocycles. The molecule has 3 nitrogen and oxygen atoms in total. The molecule has 1 aromatic heterocycles. The van der Waals surface area contributed by atoms with E-state index < -0.39 is 0 Å². The second-order valence-corrected chi connectivity index (χ2v) is 3.32. The van der Waals surface area contributed by atoms with Crippen molar-refractivity contribution in [3.8, 4) is 0 Å². The SMILES string of the molecule is NCc1cn2c(n1)SCC2. The summed E-state index contributed by atoms with van der Waals surface area (Å²) < 4.78 is 2.16. The summed E-state index contributed by atoms with van der Waals surface area (Å²) in [4.78, 5) is 4.31. The van der Waals surface area contributed by atoms with Gasteiger partial charge in [0.05, 0.1) is 5.69 Å². The van der Waals surface area contributed by atoms with Gasteiger partial charge in [0.15, 0.2) is 5.16 Å². The molecule has 2 heterocycles. The lowest BCUT2D eigenvalue weighted by Crippen LogP contribution is -1.96. The van der Waals surface area contributed by atoms with Crippen LogP contribution in [0.4, 0.5) is 0 Å². The highest BCUT2D eigenvalue weighted by Crippen LogP contribution is 2.23. The molecule has 0 saturated heterocycles. The van der Waals surface area contributed by atoms with Crippen LogP contribution in [0.3, 0.4) is 0 Å². The molecule has 1 aliphatic heterocycles. The molecule has 0 atom stereocenters. The fourth-order valence-electron chi connectivity index (χ4n) is 1.06. The molecule has 4 heteroatoms. The van der Waals surface area contributed by atoms with Crippen molar-refractivity contribution >= 4 is 11.8 Å². The minimum Gasteiger partial charge on any atom is -0.325 e. The molecule has 1 aromatic rings. The zero-order valence-electron chi connectivity index (χ0n) is 5.58. The van der Waals surface area contributed by atoms with E-state index >= 15 is 0 Å². The lowest BCUT2D eigenvalue weighted by molar-refractivity contribution is 0.719. The Kier molecular flexibility index (Phi) is 1.43. The van der Waals surface area contributed by atoms with Crippen LogP contribution in [0.15, 0.2) is 11.4 Å². The van der Waals surface area contributed by atoms with Crippen molar-refractivity contribution in [2.75, 3.05) is 5.75 Å². The normalized spacial score (nSPS) is 15.7. The molecule has 54 valence electrons. The quantitative estimate of drug-likeness (QED) is 0.640. The largest absolute Gasteiger partial charge is 0.325 e. The van der Waals surface area contributed by atoms with Crippen LogP contribution in [-0.4, -0.2) is 15.3 Å². The first kappa shape index (κ1) is 6.24. The van der Waals surface area contributed by atoms with Crippen LogP contribution >= 0.6 is 11.8 Å². The molecular weight excluding hydrogens is 146 g/mol. The van der Waals surface area contributed by atoms with E-state index in [1.165, 1.54) is 0 Å². The van der Waals surface area contributed by atoms with Crippen molar-refractivity contribution in [3.05, 3.63) is 11.9 Å². The summed E-state index contributed by atoms with van der Waals surface area (Å²) >= 11 is 1.80. The summed E-state index contributed by atoms with van der Waals surface area (Å²) in [5.74, 6) is 1.16. The maximum Gasteiger partial charge on any atom is 0.168 e. The molecule has 0 amide bonds. The van der Waals surface area contributed by atoms with Crippen LogP contribution in [-0.2, 0) is 13.1 Å². The third kappa shape index (κ3) is 0.839. The first-order valence-electron chi connectivity index (χ1n) is 3.29. The summed E-state index contributed by atoms with van der Waals surface area (Å²) in [5, 5.41) is 1.13. The van der Waals surface area contributed by atoms with Gasteiger partial charge in [0, 0.05) is 25.0 Å². The van der Waals surface area contributed by atoms with Crippen LogP contribution in [0.2, 0.25) is 0 Å². The van der Waals surface area contributed by atoms with E-state index in [1.54, 1.807) is 11.8 Å². The van der Waals surface area contributed by atoms with Crippen LogP contribution < -0.4 is 5.73 Å². The number of hydrogen-bond donors (Lipinski definition) is 1. The zero-order valence-corrected chi connectivity index (χ0v) is 6.40. The molecule has 0 bridgehead atoms. The van der Waals surface area contributed by atoms with E-state index in [0.717, 1.165) is 23.1 Å². The van der Waals surface area contributed by atoms with Crippen molar-refractivity contribution in [2.24, 2.45) is 5.73 Å². The van der Waals surface area contributed by atoms with Gasteiger partial charge in [0.25, 0.3) is 0 Å². The molecule has 0 unspecified atom stereocenters. The molecule has 0 aliphatic carbocycles. The van der Waals surface area contributed by atoms with E-state index in [2.05, 4.69) is 9.55 Å². The van der Waals surface area contributed by atoms with Gasteiger partial charge >= 0.3 is 0 Å². The highest BCUT2D eigenvalue weighted by atomic mass is 32.2. The van der Waals surface area contributed by atoms with Gasteiger partial charge in [0.1, 0.15) is 0 Å². The second-order valence-electron chi connectivity index (χ2n) is 2.26. The predicted molar refractivity (Wildman–Crippen MR) is 40.8 cm³/mol. The Morgan fingerprint density at radius 1 is 1.80 bits per heavy atom. The number of aryl methyl sites for hydroxylation is 1. The summed E-state index contributed by atoms with van der Waals surface area (Å²) in [5.41, 5.74) is 6.43. The van der Waals surface area contributed by atoms with Crippen molar-refractivity contribution in [1.29, 1.82) is 0 Å². The summed E-state index contributed by atoms with van der Waals surface area (Å²) in [6.45, 7) is 1.65. The Labute approximate surface area is 63.6 Å². The van der Waals surface area contributed by atoms with E-state index in [1.807, 2.05) is 6.20 Å². The van der Waals surface area contributed by atoms with Gasteiger partial charge in [-0.05, 0) is 0 Å². The number of thioether (sulfide) groups is 1. The topological polar surface area (TPSA) is 43.8 Å². The van der Waals surface area contributed by atoms with Crippen LogP contribution in [0.5, 0.6) is 0 Å².